The lowest BCUT2D eigenvalue weighted by molar-refractivity contribution is -0.142. The molecule has 1 aromatic carbocycles. The van der Waals surface area contributed by atoms with Crippen molar-refractivity contribution in [3.8, 4) is 11.4 Å². The summed E-state index contributed by atoms with van der Waals surface area (Å²) >= 11 is 0. The molecule has 118 valence electrons. The Kier molecular flexibility index (Phi) is 4.92. The zero-order valence-corrected chi connectivity index (χ0v) is 13.3. The van der Waals surface area contributed by atoms with Crippen LogP contribution in [0.15, 0.2) is 28.8 Å². The first kappa shape index (κ1) is 16.2. The zero-order chi connectivity index (χ0) is 16.3. The van der Waals surface area contributed by atoms with Gasteiger partial charge in [0.15, 0.2) is 0 Å². The number of hydrogen-bond donors (Lipinski definition) is 1. The molecule has 2 rings (SSSR count). The topological polar surface area (TPSA) is 79.5 Å². The van der Waals surface area contributed by atoms with E-state index in [2.05, 4.69) is 36.1 Å². The molecule has 0 aliphatic rings. The summed E-state index contributed by atoms with van der Waals surface area (Å²) in [5.41, 5.74) is 2.14. The first-order valence-electron chi connectivity index (χ1n) is 7.24. The van der Waals surface area contributed by atoms with Crippen molar-refractivity contribution in [1.29, 1.82) is 0 Å². The lowest BCUT2D eigenvalue weighted by Crippen LogP contribution is -2.35. The fraction of sp³-hybridized carbons (Fsp3) is 0.438. The number of aromatic nitrogens is 2. The van der Waals surface area contributed by atoms with E-state index in [1.807, 2.05) is 12.1 Å². The Morgan fingerprint density at radius 2 is 1.91 bits per heavy atom. The summed E-state index contributed by atoms with van der Waals surface area (Å²) in [6.07, 6.45) is 0. The van der Waals surface area contributed by atoms with Crippen LogP contribution in [0.4, 0.5) is 0 Å². The van der Waals surface area contributed by atoms with E-state index in [-0.39, 0.29) is 0 Å². The van der Waals surface area contributed by atoms with Crippen molar-refractivity contribution >= 4 is 5.97 Å². The predicted molar refractivity (Wildman–Crippen MR) is 82.4 cm³/mol. The molecule has 2 aromatic rings. The molecule has 0 aliphatic heterocycles. The van der Waals surface area contributed by atoms with Crippen LogP contribution >= 0.6 is 0 Å². The molecule has 22 heavy (non-hydrogen) atoms. The van der Waals surface area contributed by atoms with E-state index in [4.69, 9.17) is 9.63 Å². The highest BCUT2D eigenvalue weighted by molar-refractivity contribution is 5.72. The Bertz CT molecular complexity index is 634. The molecule has 1 unspecified atom stereocenters. The highest BCUT2D eigenvalue weighted by Gasteiger charge is 2.19. The highest BCUT2D eigenvalue weighted by atomic mass is 16.5. The fourth-order valence-electron chi connectivity index (χ4n) is 1.99. The van der Waals surface area contributed by atoms with Gasteiger partial charge in [0, 0.05) is 5.56 Å². The maximum absolute atomic E-state index is 10.9. The molecule has 1 aromatic heterocycles. The molecule has 1 atom stereocenters. The summed E-state index contributed by atoms with van der Waals surface area (Å²) in [6.45, 7) is 6.19. The second-order valence-electron chi connectivity index (χ2n) is 5.72. The third-order valence-corrected chi connectivity index (χ3v) is 3.71. The van der Waals surface area contributed by atoms with Gasteiger partial charge in [0.05, 0.1) is 6.54 Å². The van der Waals surface area contributed by atoms with Gasteiger partial charge in [-0.3, -0.25) is 9.69 Å². The lowest BCUT2D eigenvalue weighted by atomic mass is 10.0. The molecule has 1 N–H and O–H groups in total. The maximum atomic E-state index is 10.9. The molecule has 6 nitrogen and oxygen atoms in total. The summed E-state index contributed by atoms with van der Waals surface area (Å²) in [5.74, 6) is 0.507. The molecule has 0 saturated heterocycles. The number of carbonyl (C=O) groups is 1. The molecule has 0 aliphatic carbocycles. The summed E-state index contributed by atoms with van der Waals surface area (Å²) in [5, 5.41) is 12.9. The van der Waals surface area contributed by atoms with Crippen LogP contribution in [-0.4, -0.2) is 39.2 Å². The van der Waals surface area contributed by atoms with Gasteiger partial charge in [-0.2, -0.15) is 4.98 Å². The van der Waals surface area contributed by atoms with Gasteiger partial charge in [-0.15, -0.1) is 0 Å². The Morgan fingerprint density at radius 3 is 2.45 bits per heavy atom. The largest absolute Gasteiger partial charge is 0.480 e. The number of rotatable bonds is 6. The van der Waals surface area contributed by atoms with Crippen molar-refractivity contribution in [2.45, 2.75) is 39.3 Å². The Morgan fingerprint density at radius 1 is 1.27 bits per heavy atom. The minimum Gasteiger partial charge on any atom is -0.480 e. The Balaban J connectivity index is 2.09. The minimum atomic E-state index is -0.883. The second kappa shape index (κ2) is 6.70. The van der Waals surface area contributed by atoms with E-state index < -0.39 is 12.0 Å². The van der Waals surface area contributed by atoms with E-state index in [1.165, 1.54) is 5.56 Å². The quantitative estimate of drug-likeness (QED) is 0.884. The Labute approximate surface area is 129 Å². The summed E-state index contributed by atoms with van der Waals surface area (Å²) in [7, 11) is 1.71. The van der Waals surface area contributed by atoms with Crippen LogP contribution in [0.1, 0.15) is 38.1 Å². The van der Waals surface area contributed by atoms with Gasteiger partial charge in [-0.1, -0.05) is 43.3 Å². The average Bonchev–Trinajstić information content (AvgIpc) is 2.94. The van der Waals surface area contributed by atoms with Crippen molar-refractivity contribution in [1.82, 2.24) is 15.0 Å². The van der Waals surface area contributed by atoms with E-state index in [1.54, 1.807) is 18.9 Å². The van der Waals surface area contributed by atoms with Crippen molar-refractivity contribution < 1.29 is 14.4 Å². The number of benzene rings is 1. The van der Waals surface area contributed by atoms with Gasteiger partial charge in [0.2, 0.25) is 11.7 Å². The molecule has 0 bridgehead atoms. The molecular weight excluding hydrogens is 282 g/mol. The molecule has 1 heterocycles. The predicted octanol–water partition coefficient (Wildman–Crippen LogP) is 2.76. The number of carboxylic acids is 1. The van der Waals surface area contributed by atoms with Gasteiger partial charge in [-0.25, -0.2) is 0 Å². The van der Waals surface area contributed by atoms with E-state index >= 15 is 0 Å². The third kappa shape index (κ3) is 3.71. The first-order valence-corrected chi connectivity index (χ1v) is 7.24. The SMILES string of the molecule is CC(C)c1ccc(-c2noc(CN(C)C(C)C(=O)O)n2)cc1. The standard InChI is InChI=1S/C16H21N3O3/c1-10(2)12-5-7-13(8-6-12)15-17-14(22-18-15)9-19(4)11(3)16(20)21/h5-8,10-11H,9H2,1-4H3,(H,20,21). The van der Waals surface area contributed by atoms with Gasteiger partial charge in [-0.05, 0) is 25.5 Å². The maximum Gasteiger partial charge on any atom is 0.320 e. The van der Waals surface area contributed by atoms with E-state index in [9.17, 15) is 4.79 Å². The van der Waals surface area contributed by atoms with Gasteiger partial charge < -0.3 is 9.63 Å². The monoisotopic (exact) mass is 303 g/mol. The number of carboxylic acid groups (broad SMARTS) is 1. The van der Waals surface area contributed by atoms with Crippen LogP contribution < -0.4 is 0 Å². The number of hydrogen-bond acceptors (Lipinski definition) is 5. The van der Waals surface area contributed by atoms with Crippen LogP contribution in [0.25, 0.3) is 11.4 Å². The second-order valence-corrected chi connectivity index (χ2v) is 5.72. The summed E-state index contributed by atoms with van der Waals surface area (Å²) in [4.78, 5) is 16.9. The van der Waals surface area contributed by atoms with Crippen LogP contribution in [0, 0.1) is 0 Å². The van der Waals surface area contributed by atoms with Gasteiger partial charge in [0.1, 0.15) is 6.04 Å². The van der Waals surface area contributed by atoms with E-state index in [0.717, 1.165) is 5.56 Å². The van der Waals surface area contributed by atoms with Crippen molar-refractivity contribution in [2.24, 2.45) is 0 Å². The van der Waals surface area contributed by atoms with Crippen LogP contribution in [0.5, 0.6) is 0 Å². The fourth-order valence-corrected chi connectivity index (χ4v) is 1.99. The van der Waals surface area contributed by atoms with Gasteiger partial charge >= 0.3 is 5.97 Å². The van der Waals surface area contributed by atoms with E-state index in [0.29, 0.717) is 24.2 Å². The van der Waals surface area contributed by atoms with Crippen molar-refractivity contribution in [3.05, 3.63) is 35.7 Å². The molecule has 0 saturated carbocycles. The van der Waals surface area contributed by atoms with Crippen molar-refractivity contribution in [2.75, 3.05) is 7.05 Å². The lowest BCUT2D eigenvalue weighted by Gasteiger charge is -2.18. The number of aliphatic carboxylic acids is 1. The molecule has 0 radical (unpaired) electrons. The van der Waals surface area contributed by atoms with Crippen LogP contribution in [0.3, 0.4) is 0 Å². The average molecular weight is 303 g/mol. The smallest absolute Gasteiger partial charge is 0.320 e. The molecular formula is C16H21N3O3. The molecule has 0 spiro atoms. The summed E-state index contributed by atoms with van der Waals surface area (Å²) < 4.78 is 5.20. The minimum absolute atomic E-state index is 0.296. The number of nitrogens with zero attached hydrogens (tertiary/aromatic N) is 3. The van der Waals surface area contributed by atoms with Crippen LogP contribution in [0.2, 0.25) is 0 Å². The molecule has 6 heteroatoms. The van der Waals surface area contributed by atoms with Crippen molar-refractivity contribution in [3.63, 3.8) is 0 Å². The number of likely N-dealkylation sites (N-methyl/N-ethyl adjacent to an activating group) is 1. The normalized spacial score (nSPS) is 12.8. The molecule has 0 fully saturated rings. The summed E-state index contributed by atoms with van der Waals surface area (Å²) in [6, 6.07) is 7.42. The highest BCUT2D eigenvalue weighted by Crippen LogP contribution is 2.20. The Hall–Kier alpha value is -2.21. The zero-order valence-electron chi connectivity index (χ0n) is 13.3. The molecule has 0 amide bonds. The van der Waals surface area contributed by atoms with Crippen LogP contribution in [-0.2, 0) is 11.3 Å². The third-order valence-electron chi connectivity index (χ3n) is 3.71. The van der Waals surface area contributed by atoms with Gasteiger partial charge in [0.25, 0.3) is 0 Å². The first-order chi connectivity index (χ1) is 10.4.